The van der Waals surface area contributed by atoms with Gasteiger partial charge in [0, 0.05) is 6.07 Å². The molecule has 0 radical (unpaired) electrons. The highest BCUT2D eigenvalue weighted by Crippen LogP contribution is 2.31. The molecule has 1 aromatic carbocycles. The maximum atomic E-state index is 12.8. The summed E-state index contributed by atoms with van der Waals surface area (Å²) in [6.45, 7) is 1.85. The SMILES string of the molecule is CCC(C(=O)Nc1ccc(OC)cc1OC)n1c(N)nnc1SCC#N. The largest absolute Gasteiger partial charge is 0.497 e. The van der Waals surface area contributed by atoms with Crippen LogP contribution in [0.15, 0.2) is 23.4 Å². The number of rotatable bonds is 8. The zero-order valence-corrected chi connectivity index (χ0v) is 15.5. The summed E-state index contributed by atoms with van der Waals surface area (Å²) >= 11 is 1.17. The fourth-order valence-electron chi connectivity index (χ4n) is 2.38. The minimum atomic E-state index is -0.627. The lowest BCUT2D eigenvalue weighted by Crippen LogP contribution is -2.27. The second-order valence-electron chi connectivity index (χ2n) is 5.14. The van der Waals surface area contributed by atoms with E-state index in [0.717, 1.165) is 0 Å². The van der Waals surface area contributed by atoms with Gasteiger partial charge in [0.25, 0.3) is 0 Å². The first-order valence-electron chi connectivity index (χ1n) is 7.78. The number of ether oxygens (including phenoxy) is 2. The number of nitrogen functional groups attached to an aromatic ring is 1. The number of nitrogens with zero attached hydrogens (tertiary/aromatic N) is 4. The Balaban J connectivity index is 2.28. The highest BCUT2D eigenvalue weighted by Gasteiger charge is 2.25. The van der Waals surface area contributed by atoms with E-state index in [1.807, 2.05) is 13.0 Å². The van der Waals surface area contributed by atoms with Crippen LogP contribution in [0.3, 0.4) is 0 Å². The number of aromatic nitrogens is 3. The second kappa shape index (κ2) is 8.96. The van der Waals surface area contributed by atoms with E-state index in [0.29, 0.717) is 28.8 Å². The van der Waals surface area contributed by atoms with Crippen molar-refractivity contribution in [3.63, 3.8) is 0 Å². The van der Waals surface area contributed by atoms with E-state index < -0.39 is 6.04 Å². The Kier molecular flexibility index (Phi) is 6.68. The van der Waals surface area contributed by atoms with Gasteiger partial charge in [-0.1, -0.05) is 18.7 Å². The quantitative estimate of drug-likeness (QED) is 0.670. The smallest absolute Gasteiger partial charge is 0.247 e. The molecule has 1 atom stereocenters. The molecule has 0 fully saturated rings. The maximum Gasteiger partial charge on any atom is 0.247 e. The van der Waals surface area contributed by atoms with Crippen molar-refractivity contribution in [2.75, 3.05) is 31.0 Å². The average molecular weight is 376 g/mol. The number of thioether (sulfide) groups is 1. The van der Waals surface area contributed by atoms with E-state index in [1.165, 1.54) is 23.4 Å². The Morgan fingerprint density at radius 2 is 2.19 bits per heavy atom. The molecular formula is C16H20N6O3S. The van der Waals surface area contributed by atoms with Crippen LogP contribution >= 0.6 is 11.8 Å². The molecule has 0 saturated carbocycles. The Hall–Kier alpha value is -2.93. The number of nitrogens with two attached hydrogens (primary N) is 1. The summed E-state index contributed by atoms with van der Waals surface area (Å²) in [5.41, 5.74) is 6.40. The maximum absolute atomic E-state index is 12.8. The Labute approximate surface area is 155 Å². The number of amides is 1. The van der Waals surface area contributed by atoms with E-state index in [4.69, 9.17) is 20.5 Å². The number of benzene rings is 1. The molecule has 2 aromatic rings. The normalized spacial score (nSPS) is 11.5. The number of nitrogens with one attached hydrogen (secondary N) is 1. The number of nitriles is 1. The van der Waals surface area contributed by atoms with E-state index in [-0.39, 0.29) is 17.6 Å². The van der Waals surface area contributed by atoms with E-state index in [9.17, 15) is 4.79 Å². The zero-order chi connectivity index (χ0) is 19.1. The third kappa shape index (κ3) is 4.18. The van der Waals surface area contributed by atoms with Gasteiger partial charge in [-0.3, -0.25) is 9.36 Å². The second-order valence-corrected chi connectivity index (χ2v) is 6.08. The molecule has 2 rings (SSSR count). The molecule has 10 heteroatoms. The highest BCUT2D eigenvalue weighted by molar-refractivity contribution is 7.99. The topological polar surface area (TPSA) is 128 Å². The highest BCUT2D eigenvalue weighted by atomic mass is 32.2. The number of hydrogen-bond acceptors (Lipinski definition) is 8. The summed E-state index contributed by atoms with van der Waals surface area (Å²) < 4.78 is 12.0. The van der Waals surface area contributed by atoms with Crippen LogP contribution < -0.4 is 20.5 Å². The van der Waals surface area contributed by atoms with Crippen LogP contribution in [0.1, 0.15) is 19.4 Å². The predicted octanol–water partition coefficient (Wildman–Crippen LogP) is 2.08. The lowest BCUT2D eigenvalue weighted by molar-refractivity contribution is -0.119. The van der Waals surface area contributed by atoms with Crippen LogP contribution in [0.4, 0.5) is 11.6 Å². The number of anilines is 2. The van der Waals surface area contributed by atoms with Gasteiger partial charge in [0.1, 0.15) is 17.5 Å². The number of methoxy groups -OCH3 is 2. The van der Waals surface area contributed by atoms with Crippen molar-refractivity contribution in [3.05, 3.63) is 18.2 Å². The van der Waals surface area contributed by atoms with E-state index in [2.05, 4.69) is 15.5 Å². The summed E-state index contributed by atoms with van der Waals surface area (Å²) in [7, 11) is 3.06. The monoisotopic (exact) mass is 376 g/mol. The first-order valence-corrected chi connectivity index (χ1v) is 8.77. The number of carbonyl (C=O) groups is 1. The molecular weight excluding hydrogens is 356 g/mol. The van der Waals surface area contributed by atoms with Crippen molar-refractivity contribution in [2.45, 2.75) is 24.5 Å². The molecule has 0 aliphatic rings. The number of carbonyl (C=O) groups excluding carboxylic acids is 1. The van der Waals surface area contributed by atoms with Crippen LogP contribution in [0.5, 0.6) is 11.5 Å². The van der Waals surface area contributed by atoms with Gasteiger partial charge in [0.05, 0.1) is 31.7 Å². The molecule has 1 amide bonds. The summed E-state index contributed by atoms with van der Waals surface area (Å²) in [6.07, 6.45) is 0.465. The van der Waals surface area contributed by atoms with Crippen LogP contribution in [-0.4, -0.2) is 40.6 Å². The van der Waals surface area contributed by atoms with Gasteiger partial charge in [-0.15, -0.1) is 10.2 Å². The standard InChI is InChI=1S/C16H20N6O3S/c1-4-12(22-15(18)20-21-16(22)26-8-7-17)14(23)19-11-6-5-10(24-2)9-13(11)25-3/h5-6,9,12H,4,8H2,1-3H3,(H2,18,20)(H,19,23). The molecule has 0 aliphatic heterocycles. The summed E-state index contributed by atoms with van der Waals surface area (Å²) in [4.78, 5) is 12.8. The van der Waals surface area contributed by atoms with E-state index in [1.54, 1.807) is 25.3 Å². The Bertz CT molecular complexity index is 817. The molecule has 3 N–H and O–H groups in total. The molecule has 0 aliphatic carbocycles. The molecule has 1 unspecified atom stereocenters. The molecule has 0 bridgehead atoms. The van der Waals surface area contributed by atoms with Crippen molar-refractivity contribution in [2.24, 2.45) is 0 Å². The molecule has 1 heterocycles. The fourth-order valence-corrected chi connectivity index (χ4v) is 3.03. The fraction of sp³-hybridized carbons (Fsp3) is 0.375. The molecule has 1 aromatic heterocycles. The number of hydrogen-bond donors (Lipinski definition) is 2. The molecule has 0 saturated heterocycles. The predicted molar refractivity (Wildman–Crippen MR) is 98.3 cm³/mol. The Morgan fingerprint density at radius 3 is 2.81 bits per heavy atom. The van der Waals surface area contributed by atoms with Gasteiger partial charge in [0.15, 0.2) is 5.16 Å². The van der Waals surface area contributed by atoms with Crippen LogP contribution in [0.2, 0.25) is 0 Å². The van der Waals surface area contributed by atoms with Crippen molar-refractivity contribution in [1.82, 2.24) is 14.8 Å². The minimum Gasteiger partial charge on any atom is -0.497 e. The summed E-state index contributed by atoms with van der Waals surface area (Å²) in [5, 5.41) is 19.8. The first kappa shape index (κ1) is 19.4. The average Bonchev–Trinajstić information content (AvgIpc) is 3.01. The van der Waals surface area contributed by atoms with Gasteiger partial charge in [-0.05, 0) is 18.6 Å². The van der Waals surface area contributed by atoms with Gasteiger partial charge in [-0.25, -0.2) is 0 Å². The lowest BCUT2D eigenvalue weighted by Gasteiger charge is -2.19. The minimum absolute atomic E-state index is 0.120. The van der Waals surface area contributed by atoms with Crippen molar-refractivity contribution < 1.29 is 14.3 Å². The molecule has 138 valence electrons. The van der Waals surface area contributed by atoms with Gasteiger partial charge in [-0.2, -0.15) is 5.26 Å². The zero-order valence-electron chi connectivity index (χ0n) is 14.7. The lowest BCUT2D eigenvalue weighted by atomic mass is 10.2. The van der Waals surface area contributed by atoms with Crippen molar-refractivity contribution in [3.8, 4) is 17.6 Å². The summed E-state index contributed by atoms with van der Waals surface area (Å²) in [6, 6.07) is 6.49. The molecule has 9 nitrogen and oxygen atoms in total. The summed E-state index contributed by atoms with van der Waals surface area (Å²) in [5.74, 6) is 1.10. The van der Waals surface area contributed by atoms with Crippen molar-refractivity contribution >= 4 is 29.3 Å². The third-order valence-corrected chi connectivity index (χ3v) is 4.43. The Morgan fingerprint density at radius 1 is 1.42 bits per heavy atom. The molecule has 26 heavy (non-hydrogen) atoms. The van der Waals surface area contributed by atoms with Gasteiger partial charge >= 0.3 is 0 Å². The first-order chi connectivity index (χ1) is 12.5. The molecule has 0 spiro atoms. The van der Waals surface area contributed by atoms with E-state index >= 15 is 0 Å². The van der Waals surface area contributed by atoms with Crippen molar-refractivity contribution in [1.29, 1.82) is 5.26 Å². The van der Waals surface area contributed by atoms with Gasteiger partial charge in [0.2, 0.25) is 11.9 Å². The van der Waals surface area contributed by atoms with Crippen LogP contribution in [0, 0.1) is 11.3 Å². The third-order valence-electron chi connectivity index (χ3n) is 3.62. The van der Waals surface area contributed by atoms with Gasteiger partial charge < -0.3 is 20.5 Å². The van der Waals surface area contributed by atoms with Crippen LogP contribution in [0.25, 0.3) is 0 Å². The van der Waals surface area contributed by atoms with Crippen LogP contribution in [-0.2, 0) is 4.79 Å².